The number of fused-ring (bicyclic) bond motifs is 1. The van der Waals surface area contributed by atoms with Crippen LogP contribution in [0.5, 0.6) is 5.75 Å². The van der Waals surface area contributed by atoms with Crippen molar-refractivity contribution >= 4 is 15.5 Å². The summed E-state index contributed by atoms with van der Waals surface area (Å²) in [4.78, 5) is 0.271. The minimum atomic E-state index is -3.31. The Kier molecular flexibility index (Phi) is 2.94. The maximum Gasteiger partial charge on any atom is 0.182 e. The third-order valence-corrected chi connectivity index (χ3v) is 4.51. The Hall–Kier alpha value is -1.74. The molecule has 1 atom stereocenters. The minimum Gasteiger partial charge on any atom is -0.497 e. The van der Waals surface area contributed by atoms with Gasteiger partial charge in [0, 0.05) is 6.07 Å². The van der Waals surface area contributed by atoms with Crippen LogP contribution in [0.2, 0.25) is 0 Å². The van der Waals surface area contributed by atoms with E-state index >= 15 is 0 Å². The van der Waals surface area contributed by atoms with E-state index < -0.39 is 9.84 Å². The zero-order chi connectivity index (χ0) is 12.5. The van der Waals surface area contributed by atoms with Crippen molar-refractivity contribution in [2.24, 2.45) is 0 Å². The molecular weight excluding hydrogens is 240 g/mol. The zero-order valence-corrected chi connectivity index (χ0v) is 10.1. The first kappa shape index (κ1) is 11.7. The van der Waals surface area contributed by atoms with E-state index in [0.29, 0.717) is 11.4 Å². The Morgan fingerprint density at radius 1 is 1.59 bits per heavy atom. The van der Waals surface area contributed by atoms with Crippen LogP contribution >= 0.6 is 0 Å². The summed E-state index contributed by atoms with van der Waals surface area (Å²) < 4.78 is 29.0. The van der Waals surface area contributed by atoms with Gasteiger partial charge in [0.25, 0.3) is 0 Å². The quantitative estimate of drug-likeness (QED) is 0.854. The number of nitrogens with zero attached hydrogens (tertiary/aromatic N) is 1. The largest absolute Gasteiger partial charge is 0.497 e. The van der Waals surface area contributed by atoms with Crippen molar-refractivity contribution < 1.29 is 13.2 Å². The van der Waals surface area contributed by atoms with Gasteiger partial charge in [0.05, 0.1) is 42.0 Å². The number of methoxy groups -OCH3 is 1. The van der Waals surface area contributed by atoms with Gasteiger partial charge in [-0.3, -0.25) is 0 Å². The van der Waals surface area contributed by atoms with Crippen LogP contribution in [0, 0.1) is 11.3 Å². The highest BCUT2D eigenvalue weighted by Crippen LogP contribution is 2.32. The van der Waals surface area contributed by atoms with Crippen LogP contribution in [0.4, 0.5) is 5.69 Å². The van der Waals surface area contributed by atoms with Gasteiger partial charge in [-0.1, -0.05) is 0 Å². The molecule has 0 radical (unpaired) electrons. The van der Waals surface area contributed by atoms with Crippen LogP contribution in [0.3, 0.4) is 0 Å². The van der Waals surface area contributed by atoms with Crippen LogP contribution in [-0.4, -0.2) is 27.3 Å². The number of nitrogens with one attached hydrogen (secondary N) is 1. The fraction of sp³-hybridized carbons (Fsp3) is 0.364. The van der Waals surface area contributed by atoms with Gasteiger partial charge in [-0.15, -0.1) is 0 Å². The highest BCUT2D eigenvalue weighted by molar-refractivity contribution is 7.91. The molecule has 0 amide bonds. The van der Waals surface area contributed by atoms with Crippen molar-refractivity contribution in [1.82, 2.24) is 0 Å². The summed E-state index contributed by atoms with van der Waals surface area (Å²) in [6.07, 6.45) is 0.163. The average Bonchev–Trinajstić information content (AvgIpc) is 2.27. The molecule has 17 heavy (non-hydrogen) atoms. The highest BCUT2D eigenvalue weighted by Gasteiger charge is 2.29. The minimum absolute atomic E-state index is 0.0418. The predicted octanol–water partition coefficient (Wildman–Crippen LogP) is 1.18. The molecule has 0 bridgehead atoms. The summed E-state index contributed by atoms with van der Waals surface area (Å²) >= 11 is 0. The van der Waals surface area contributed by atoms with Crippen molar-refractivity contribution in [3.05, 3.63) is 18.2 Å². The molecule has 0 aromatic heterocycles. The summed E-state index contributed by atoms with van der Waals surface area (Å²) in [7, 11) is -1.79. The second-order valence-electron chi connectivity index (χ2n) is 3.85. The number of benzene rings is 1. The van der Waals surface area contributed by atoms with Gasteiger partial charge in [-0.05, 0) is 12.1 Å². The second kappa shape index (κ2) is 4.26. The molecular formula is C11H12N2O3S. The van der Waals surface area contributed by atoms with Crippen molar-refractivity contribution in [1.29, 1.82) is 5.26 Å². The fourth-order valence-electron chi connectivity index (χ4n) is 1.86. The number of hydrogen-bond donors (Lipinski definition) is 1. The predicted molar refractivity (Wildman–Crippen MR) is 62.7 cm³/mol. The van der Waals surface area contributed by atoms with E-state index in [1.807, 2.05) is 6.07 Å². The molecule has 90 valence electrons. The van der Waals surface area contributed by atoms with Crippen molar-refractivity contribution in [2.45, 2.75) is 17.4 Å². The van der Waals surface area contributed by atoms with Gasteiger partial charge in [0.1, 0.15) is 5.75 Å². The molecule has 1 unspecified atom stereocenters. The molecule has 1 aromatic rings. The molecule has 6 heteroatoms. The number of ether oxygens (including phenoxy) is 1. The smallest absolute Gasteiger partial charge is 0.182 e. The van der Waals surface area contributed by atoms with Crippen molar-refractivity contribution in [3.8, 4) is 11.8 Å². The van der Waals surface area contributed by atoms with Gasteiger partial charge >= 0.3 is 0 Å². The Bertz CT molecular complexity index is 575. The summed E-state index contributed by atoms with van der Waals surface area (Å²) in [5.74, 6) is 0.545. The van der Waals surface area contributed by atoms with E-state index in [-0.39, 0.29) is 23.1 Å². The van der Waals surface area contributed by atoms with E-state index in [0.717, 1.165) is 0 Å². The number of sulfone groups is 1. The third kappa shape index (κ3) is 2.19. The standard InChI is InChI=1S/C11H12N2O3S/c1-16-9-2-3-11-10(6-9)13-8(4-5-12)7-17(11,14)15/h2-3,6,8,13H,4,7H2,1H3. The Morgan fingerprint density at radius 3 is 3.00 bits per heavy atom. The first-order valence-electron chi connectivity index (χ1n) is 5.11. The summed E-state index contributed by atoms with van der Waals surface area (Å²) in [6, 6.07) is 6.40. The zero-order valence-electron chi connectivity index (χ0n) is 9.30. The topological polar surface area (TPSA) is 79.2 Å². The number of anilines is 1. The van der Waals surface area contributed by atoms with Crippen molar-refractivity contribution in [3.63, 3.8) is 0 Å². The van der Waals surface area contributed by atoms with E-state index in [4.69, 9.17) is 10.00 Å². The first-order chi connectivity index (χ1) is 8.06. The molecule has 1 aromatic carbocycles. The van der Waals surface area contributed by atoms with E-state index in [2.05, 4.69) is 5.32 Å². The molecule has 2 rings (SSSR count). The lowest BCUT2D eigenvalue weighted by molar-refractivity contribution is 0.414. The lowest BCUT2D eigenvalue weighted by Crippen LogP contribution is -2.33. The molecule has 1 aliphatic rings. The number of rotatable bonds is 2. The SMILES string of the molecule is COc1ccc2c(c1)NC(CC#N)CS2(=O)=O. The highest BCUT2D eigenvalue weighted by atomic mass is 32.2. The molecule has 0 aliphatic carbocycles. The monoisotopic (exact) mass is 252 g/mol. The van der Waals surface area contributed by atoms with Crippen LogP contribution in [0.15, 0.2) is 23.1 Å². The Labute approximate surface area is 99.9 Å². The Morgan fingerprint density at radius 2 is 2.35 bits per heavy atom. The molecule has 0 saturated carbocycles. The molecule has 1 N–H and O–H groups in total. The average molecular weight is 252 g/mol. The Balaban J connectivity index is 2.46. The molecule has 5 nitrogen and oxygen atoms in total. The van der Waals surface area contributed by atoms with E-state index in [1.54, 1.807) is 12.1 Å². The fourth-order valence-corrected chi connectivity index (χ4v) is 3.50. The van der Waals surface area contributed by atoms with E-state index in [9.17, 15) is 8.42 Å². The third-order valence-electron chi connectivity index (χ3n) is 2.64. The van der Waals surface area contributed by atoms with Crippen LogP contribution in [-0.2, 0) is 9.84 Å². The van der Waals surface area contributed by atoms with Gasteiger partial charge < -0.3 is 10.1 Å². The maximum atomic E-state index is 12.0. The first-order valence-corrected chi connectivity index (χ1v) is 6.76. The lowest BCUT2D eigenvalue weighted by atomic mass is 10.2. The number of hydrogen-bond acceptors (Lipinski definition) is 5. The number of nitriles is 1. The molecule has 0 spiro atoms. The van der Waals surface area contributed by atoms with Gasteiger partial charge in [-0.25, -0.2) is 8.42 Å². The summed E-state index contributed by atoms with van der Waals surface area (Å²) in [5, 5.41) is 11.7. The summed E-state index contributed by atoms with van der Waals surface area (Å²) in [5.41, 5.74) is 0.510. The maximum absolute atomic E-state index is 12.0. The molecule has 1 heterocycles. The van der Waals surface area contributed by atoms with Crippen molar-refractivity contribution in [2.75, 3.05) is 18.2 Å². The second-order valence-corrected chi connectivity index (χ2v) is 5.85. The van der Waals surface area contributed by atoms with Crippen LogP contribution in [0.25, 0.3) is 0 Å². The van der Waals surface area contributed by atoms with Gasteiger partial charge in [0.15, 0.2) is 9.84 Å². The van der Waals surface area contributed by atoms with E-state index in [1.165, 1.54) is 13.2 Å². The molecule has 0 saturated heterocycles. The molecule has 0 fully saturated rings. The normalized spacial score (nSPS) is 20.8. The van der Waals surface area contributed by atoms with Gasteiger partial charge in [-0.2, -0.15) is 5.26 Å². The van der Waals surface area contributed by atoms with Crippen LogP contribution in [0.1, 0.15) is 6.42 Å². The molecule has 1 aliphatic heterocycles. The van der Waals surface area contributed by atoms with Gasteiger partial charge in [0.2, 0.25) is 0 Å². The lowest BCUT2D eigenvalue weighted by Gasteiger charge is -2.25. The summed E-state index contributed by atoms with van der Waals surface area (Å²) in [6.45, 7) is 0. The van der Waals surface area contributed by atoms with Crippen LogP contribution < -0.4 is 10.1 Å².